The molecule has 3 nitrogen and oxygen atoms in total. The topological polar surface area (TPSA) is 54.4 Å². The van der Waals surface area contributed by atoms with E-state index in [2.05, 4.69) is 49.4 Å². The second-order valence-corrected chi connectivity index (χ2v) is 8.85. The third-order valence-corrected chi connectivity index (χ3v) is 6.87. The van der Waals surface area contributed by atoms with Gasteiger partial charge < -0.3 is 5.11 Å². The van der Waals surface area contributed by atoms with Gasteiger partial charge in [-0.1, -0.05) is 61.2 Å². The van der Waals surface area contributed by atoms with Crippen LogP contribution in [0.1, 0.15) is 54.4 Å². The minimum atomic E-state index is 0.229. The van der Waals surface area contributed by atoms with Crippen molar-refractivity contribution in [3.05, 3.63) is 64.7 Å². The SMILES string of the molecule is Cc1ccc2c(c1)CC(c1ccccc1SCCO)=C2C1CCCCC1.O=C=O. The van der Waals surface area contributed by atoms with Crippen molar-refractivity contribution in [1.29, 1.82) is 0 Å². The molecule has 0 saturated heterocycles. The van der Waals surface area contributed by atoms with Crippen molar-refractivity contribution in [3.63, 3.8) is 0 Å². The van der Waals surface area contributed by atoms with E-state index in [1.807, 2.05) is 0 Å². The molecule has 0 radical (unpaired) electrons. The highest BCUT2D eigenvalue weighted by Gasteiger charge is 2.30. The number of carbonyl (C=O) groups excluding carboxylic acids is 2. The first kappa shape index (κ1) is 21.6. The number of fused-ring (bicyclic) bond motifs is 1. The maximum atomic E-state index is 9.28. The highest BCUT2D eigenvalue weighted by Crippen LogP contribution is 2.48. The molecule has 1 saturated carbocycles. The largest absolute Gasteiger partial charge is 0.396 e. The van der Waals surface area contributed by atoms with E-state index in [4.69, 9.17) is 9.59 Å². The number of aryl methyl sites for hydroxylation is 1. The van der Waals surface area contributed by atoms with Gasteiger partial charge in [0.05, 0.1) is 6.61 Å². The summed E-state index contributed by atoms with van der Waals surface area (Å²) in [6.45, 7) is 2.43. The van der Waals surface area contributed by atoms with E-state index >= 15 is 0 Å². The van der Waals surface area contributed by atoms with Crippen LogP contribution in [0.5, 0.6) is 0 Å². The number of hydrogen-bond acceptors (Lipinski definition) is 4. The van der Waals surface area contributed by atoms with Crippen molar-refractivity contribution in [2.24, 2.45) is 5.92 Å². The first-order chi connectivity index (χ1) is 14.2. The van der Waals surface area contributed by atoms with E-state index in [-0.39, 0.29) is 12.8 Å². The van der Waals surface area contributed by atoms with Crippen LogP contribution in [0.4, 0.5) is 0 Å². The van der Waals surface area contributed by atoms with Gasteiger partial charge in [-0.3, -0.25) is 0 Å². The van der Waals surface area contributed by atoms with Gasteiger partial charge in [-0.25, -0.2) is 0 Å². The Labute approximate surface area is 177 Å². The molecule has 152 valence electrons. The maximum absolute atomic E-state index is 9.28. The molecule has 0 heterocycles. The van der Waals surface area contributed by atoms with Crippen molar-refractivity contribution < 1.29 is 14.7 Å². The standard InChI is InChI=1S/C24H28OS.CO2/c1-17-11-12-20-19(15-17)16-22(24(20)18-7-3-2-4-8-18)21-9-5-6-10-23(21)26-14-13-25;2-1-3/h5-6,9-12,15,18,25H,2-4,7-8,13-14,16H2,1H3;. The van der Waals surface area contributed by atoms with Gasteiger partial charge in [0.1, 0.15) is 0 Å². The van der Waals surface area contributed by atoms with Crippen LogP contribution in [0.25, 0.3) is 11.1 Å². The van der Waals surface area contributed by atoms with Crippen LogP contribution in [-0.2, 0) is 16.0 Å². The van der Waals surface area contributed by atoms with Crippen molar-refractivity contribution in [1.82, 2.24) is 0 Å². The summed E-state index contributed by atoms with van der Waals surface area (Å²) in [6, 6.07) is 15.8. The van der Waals surface area contributed by atoms with Crippen molar-refractivity contribution >= 4 is 29.1 Å². The summed E-state index contributed by atoms with van der Waals surface area (Å²) in [6.07, 6.45) is 8.09. The quantitative estimate of drug-likeness (QED) is 0.660. The predicted octanol–water partition coefficient (Wildman–Crippen LogP) is 5.54. The summed E-state index contributed by atoms with van der Waals surface area (Å²) < 4.78 is 0. The molecule has 0 spiro atoms. The van der Waals surface area contributed by atoms with Gasteiger partial charge in [0.25, 0.3) is 0 Å². The molecule has 4 heteroatoms. The molecule has 2 aliphatic carbocycles. The first-order valence-corrected chi connectivity index (χ1v) is 11.3. The van der Waals surface area contributed by atoms with E-state index in [9.17, 15) is 5.11 Å². The van der Waals surface area contributed by atoms with Crippen LogP contribution in [0.3, 0.4) is 0 Å². The fourth-order valence-corrected chi connectivity index (χ4v) is 5.51. The summed E-state index contributed by atoms with van der Waals surface area (Å²) in [5, 5.41) is 9.28. The van der Waals surface area contributed by atoms with Gasteiger partial charge in [0.15, 0.2) is 0 Å². The van der Waals surface area contributed by atoms with Gasteiger partial charge in [-0.2, -0.15) is 9.59 Å². The summed E-state index contributed by atoms with van der Waals surface area (Å²) in [4.78, 5) is 17.6. The summed E-state index contributed by atoms with van der Waals surface area (Å²) in [7, 11) is 0. The highest BCUT2D eigenvalue weighted by molar-refractivity contribution is 7.99. The van der Waals surface area contributed by atoms with E-state index in [1.54, 1.807) is 22.9 Å². The molecule has 29 heavy (non-hydrogen) atoms. The second kappa shape index (κ2) is 10.6. The van der Waals surface area contributed by atoms with Crippen molar-refractivity contribution in [2.45, 2.75) is 50.3 Å². The smallest absolute Gasteiger partial charge is 0.373 e. The Balaban J connectivity index is 0.000000755. The molecule has 1 fully saturated rings. The van der Waals surface area contributed by atoms with E-state index < -0.39 is 0 Å². The van der Waals surface area contributed by atoms with Crippen LogP contribution in [0.15, 0.2) is 47.4 Å². The molecule has 2 aromatic rings. The first-order valence-electron chi connectivity index (χ1n) is 10.3. The molecule has 2 aliphatic rings. The Morgan fingerprint density at radius 2 is 1.76 bits per heavy atom. The summed E-state index contributed by atoms with van der Waals surface area (Å²) in [5.41, 5.74) is 8.91. The Hall–Kier alpha value is -2.13. The Bertz CT molecular complexity index is 904. The van der Waals surface area contributed by atoms with Crippen LogP contribution in [0, 0.1) is 12.8 Å². The summed E-state index contributed by atoms with van der Waals surface area (Å²) in [5.74, 6) is 1.47. The van der Waals surface area contributed by atoms with Crippen LogP contribution in [-0.4, -0.2) is 23.6 Å². The zero-order valence-corrected chi connectivity index (χ0v) is 17.8. The molecule has 0 bridgehead atoms. The van der Waals surface area contributed by atoms with Crippen LogP contribution in [0.2, 0.25) is 0 Å². The average molecular weight is 409 g/mol. The fourth-order valence-electron chi connectivity index (χ4n) is 4.68. The zero-order valence-electron chi connectivity index (χ0n) is 16.9. The molecule has 0 aliphatic heterocycles. The van der Waals surface area contributed by atoms with Gasteiger partial charge in [0, 0.05) is 10.6 Å². The molecule has 2 aromatic carbocycles. The molecule has 0 aromatic heterocycles. The monoisotopic (exact) mass is 408 g/mol. The van der Waals surface area contributed by atoms with Crippen molar-refractivity contribution in [2.75, 3.05) is 12.4 Å². The molecular formula is C25H28O3S. The molecule has 0 amide bonds. The minimum Gasteiger partial charge on any atom is -0.396 e. The number of benzene rings is 2. The lowest BCUT2D eigenvalue weighted by atomic mass is 9.79. The normalized spacial score (nSPS) is 16.1. The van der Waals surface area contributed by atoms with E-state index in [0.29, 0.717) is 5.92 Å². The van der Waals surface area contributed by atoms with Gasteiger partial charge in [-0.05, 0) is 66.0 Å². The lowest BCUT2D eigenvalue weighted by molar-refractivity contribution is -0.191. The maximum Gasteiger partial charge on any atom is 0.373 e. The molecule has 4 rings (SSSR count). The number of allylic oxidation sites excluding steroid dienone is 2. The number of rotatable bonds is 5. The number of aliphatic hydroxyl groups excluding tert-OH is 1. The minimum absolute atomic E-state index is 0.229. The average Bonchev–Trinajstić information content (AvgIpc) is 3.12. The third kappa shape index (κ3) is 5.08. The van der Waals surface area contributed by atoms with Gasteiger partial charge in [-0.15, -0.1) is 11.8 Å². The molecule has 0 unspecified atom stereocenters. The van der Waals surface area contributed by atoms with Crippen LogP contribution >= 0.6 is 11.8 Å². The molecule has 1 N–H and O–H groups in total. The van der Waals surface area contributed by atoms with Crippen molar-refractivity contribution in [3.8, 4) is 0 Å². The highest BCUT2D eigenvalue weighted by atomic mass is 32.2. The lowest BCUT2D eigenvalue weighted by Gasteiger charge is -2.26. The van der Waals surface area contributed by atoms with Gasteiger partial charge >= 0.3 is 6.15 Å². The molecule has 0 atom stereocenters. The molecular weight excluding hydrogens is 380 g/mol. The fraction of sp³-hybridized carbons (Fsp3) is 0.400. The Morgan fingerprint density at radius 3 is 2.48 bits per heavy atom. The number of aliphatic hydroxyl groups is 1. The number of thioether (sulfide) groups is 1. The van der Waals surface area contributed by atoms with Crippen LogP contribution < -0.4 is 0 Å². The Kier molecular flexibility index (Phi) is 7.88. The van der Waals surface area contributed by atoms with E-state index in [1.165, 1.54) is 59.3 Å². The number of hydrogen-bond donors (Lipinski definition) is 1. The Morgan fingerprint density at radius 1 is 1.03 bits per heavy atom. The summed E-state index contributed by atoms with van der Waals surface area (Å²) >= 11 is 1.78. The zero-order chi connectivity index (χ0) is 20.6. The predicted molar refractivity (Wildman–Crippen MR) is 118 cm³/mol. The third-order valence-electron chi connectivity index (χ3n) is 5.82. The van der Waals surface area contributed by atoms with Gasteiger partial charge in [0.2, 0.25) is 0 Å². The lowest BCUT2D eigenvalue weighted by Crippen LogP contribution is -2.09. The second-order valence-electron chi connectivity index (χ2n) is 7.72. The van der Waals surface area contributed by atoms with E-state index in [0.717, 1.165) is 12.2 Å².